The summed E-state index contributed by atoms with van der Waals surface area (Å²) in [6, 6.07) is 10.3. The third-order valence-corrected chi connectivity index (χ3v) is 2.31. The van der Waals surface area contributed by atoms with Gasteiger partial charge in [-0.2, -0.15) is 0 Å². The molecule has 0 unspecified atom stereocenters. The lowest BCUT2D eigenvalue weighted by Gasteiger charge is -1.87. The summed E-state index contributed by atoms with van der Waals surface area (Å²) in [7, 11) is 0. The van der Waals surface area contributed by atoms with Gasteiger partial charge in [0.2, 0.25) is 0 Å². The highest BCUT2D eigenvalue weighted by molar-refractivity contribution is 6.06. The average Bonchev–Trinajstić information content (AvgIpc) is 2.66. The van der Waals surface area contributed by atoms with Crippen LogP contribution in [0.5, 0.6) is 0 Å². The van der Waals surface area contributed by atoms with E-state index in [1.807, 2.05) is 24.5 Å². The van der Waals surface area contributed by atoms with E-state index in [0.717, 1.165) is 5.52 Å². The van der Waals surface area contributed by atoms with Gasteiger partial charge in [-0.3, -0.25) is 10.4 Å². The number of aromatic amines is 1. The Balaban J connectivity index is 0.000000239. The molecule has 0 aliphatic carbocycles. The van der Waals surface area contributed by atoms with Crippen LogP contribution in [-0.2, 0) is 0 Å². The number of nitrogens with zero attached hydrogens (tertiary/aromatic N) is 1. The van der Waals surface area contributed by atoms with Crippen LogP contribution in [0.1, 0.15) is 0 Å². The topological polar surface area (TPSA) is 105 Å². The SMILES string of the molecule is N=C(N)N.c1ccc2c(c1)[nH]c1cnccc12. The molecule has 2 heterocycles. The number of hydrogen-bond acceptors (Lipinski definition) is 2. The second kappa shape index (κ2) is 4.52. The van der Waals surface area contributed by atoms with Gasteiger partial charge in [0.25, 0.3) is 0 Å². The van der Waals surface area contributed by atoms with Crippen LogP contribution in [0.25, 0.3) is 21.8 Å². The molecule has 6 N–H and O–H groups in total. The smallest absolute Gasteiger partial charge is 0.183 e. The third-order valence-electron chi connectivity index (χ3n) is 2.31. The molecule has 0 radical (unpaired) electrons. The summed E-state index contributed by atoms with van der Waals surface area (Å²) in [5, 5.41) is 8.56. The molecule has 0 spiro atoms. The molecular formula is C12H13N5. The number of fused-ring (bicyclic) bond motifs is 3. The molecule has 0 aliphatic rings. The first-order chi connectivity index (χ1) is 8.18. The summed E-state index contributed by atoms with van der Waals surface area (Å²) in [6.07, 6.45) is 3.68. The summed E-state index contributed by atoms with van der Waals surface area (Å²) < 4.78 is 0. The highest BCUT2D eigenvalue weighted by Gasteiger charge is 2.00. The van der Waals surface area contributed by atoms with E-state index < -0.39 is 0 Å². The van der Waals surface area contributed by atoms with Crippen LogP contribution in [0.4, 0.5) is 0 Å². The first kappa shape index (κ1) is 10.9. The van der Waals surface area contributed by atoms with E-state index in [1.165, 1.54) is 16.3 Å². The summed E-state index contributed by atoms with van der Waals surface area (Å²) in [4.78, 5) is 7.39. The molecule has 0 saturated carbocycles. The summed E-state index contributed by atoms with van der Waals surface area (Å²) >= 11 is 0. The molecular weight excluding hydrogens is 214 g/mol. The Labute approximate surface area is 98.0 Å². The van der Waals surface area contributed by atoms with Gasteiger partial charge in [0.1, 0.15) is 0 Å². The van der Waals surface area contributed by atoms with Gasteiger partial charge in [-0.05, 0) is 12.1 Å². The minimum Gasteiger partial charge on any atom is -0.370 e. The Morgan fingerprint density at radius 1 is 1.06 bits per heavy atom. The summed E-state index contributed by atoms with van der Waals surface area (Å²) in [6.45, 7) is 0. The minimum absolute atomic E-state index is 0.333. The van der Waals surface area contributed by atoms with Gasteiger partial charge < -0.3 is 16.5 Å². The van der Waals surface area contributed by atoms with Crippen LogP contribution in [0, 0.1) is 5.41 Å². The zero-order chi connectivity index (χ0) is 12.3. The van der Waals surface area contributed by atoms with Gasteiger partial charge in [-0.15, -0.1) is 0 Å². The zero-order valence-electron chi connectivity index (χ0n) is 9.14. The van der Waals surface area contributed by atoms with Crippen molar-refractivity contribution in [2.45, 2.75) is 0 Å². The molecule has 17 heavy (non-hydrogen) atoms. The lowest BCUT2D eigenvalue weighted by molar-refractivity contribution is 1.35. The van der Waals surface area contributed by atoms with Gasteiger partial charge in [0.15, 0.2) is 5.96 Å². The van der Waals surface area contributed by atoms with Crippen LogP contribution >= 0.6 is 0 Å². The predicted octanol–water partition coefficient (Wildman–Crippen LogP) is 1.55. The number of benzene rings is 1. The first-order valence-corrected chi connectivity index (χ1v) is 5.08. The predicted molar refractivity (Wildman–Crippen MR) is 69.7 cm³/mol. The van der Waals surface area contributed by atoms with Crippen LogP contribution in [0.3, 0.4) is 0 Å². The second-order valence-corrected chi connectivity index (χ2v) is 3.55. The maximum atomic E-state index is 6.06. The molecule has 1 aromatic carbocycles. The zero-order valence-corrected chi connectivity index (χ0v) is 9.14. The van der Waals surface area contributed by atoms with Gasteiger partial charge in [0, 0.05) is 22.5 Å². The molecule has 2 aromatic heterocycles. The van der Waals surface area contributed by atoms with Crippen LogP contribution in [-0.4, -0.2) is 15.9 Å². The van der Waals surface area contributed by atoms with Crippen molar-refractivity contribution in [2.24, 2.45) is 11.5 Å². The van der Waals surface area contributed by atoms with Crippen molar-refractivity contribution < 1.29 is 0 Å². The number of aromatic nitrogens is 2. The molecule has 5 nitrogen and oxygen atoms in total. The molecule has 0 aliphatic heterocycles. The van der Waals surface area contributed by atoms with E-state index >= 15 is 0 Å². The Bertz CT molecular complexity index is 602. The molecule has 3 aromatic rings. The number of nitrogens with two attached hydrogens (primary N) is 2. The van der Waals surface area contributed by atoms with E-state index in [9.17, 15) is 0 Å². The minimum atomic E-state index is -0.333. The quantitative estimate of drug-likeness (QED) is 0.346. The Kier molecular flexibility index (Phi) is 2.91. The van der Waals surface area contributed by atoms with E-state index in [2.05, 4.69) is 39.6 Å². The molecule has 86 valence electrons. The molecule has 0 amide bonds. The molecule has 0 atom stereocenters. The van der Waals surface area contributed by atoms with Crippen molar-refractivity contribution in [2.75, 3.05) is 0 Å². The first-order valence-electron chi connectivity index (χ1n) is 5.08. The van der Waals surface area contributed by atoms with E-state index in [1.54, 1.807) is 0 Å². The maximum Gasteiger partial charge on any atom is 0.183 e. The normalized spacial score (nSPS) is 9.88. The van der Waals surface area contributed by atoms with Crippen molar-refractivity contribution in [1.82, 2.24) is 9.97 Å². The molecule has 0 bridgehead atoms. The number of H-pyrrole nitrogens is 1. The fourth-order valence-corrected chi connectivity index (χ4v) is 1.70. The fourth-order valence-electron chi connectivity index (χ4n) is 1.70. The number of rotatable bonds is 0. The van der Waals surface area contributed by atoms with Crippen LogP contribution < -0.4 is 11.5 Å². The average molecular weight is 227 g/mol. The lowest BCUT2D eigenvalue weighted by atomic mass is 10.2. The van der Waals surface area contributed by atoms with Gasteiger partial charge in [-0.25, -0.2) is 0 Å². The highest BCUT2D eigenvalue weighted by Crippen LogP contribution is 2.23. The van der Waals surface area contributed by atoms with Crippen molar-refractivity contribution in [3.63, 3.8) is 0 Å². The van der Waals surface area contributed by atoms with E-state index in [-0.39, 0.29) is 5.96 Å². The number of nitrogens with one attached hydrogen (secondary N) is 2. The largest absolute Gasteiger partial charge is 0.370 e. The van der Waals surface area contributed by atoms with Crippen molar-refractivity contribution in [3.8, 4) is 0 Å². The molecule has 3 rings (SSSR count). The molecule has 5 heteroatoms. The van der Waals surface area contributed by atoms with Crippen molar-refractivity contribution >= 4 is 27.8 Å². The number of guanidine groups is 1. The highest BCUT2D eigenvalue weighted by atomic mass is 14.9. The number of pyridine rings is 1. The van der Waals surface area contributed by atoms with Crippen LogP contribution in [0.2, 0.25) is 0 Å². The second-order valence-electron chi connectivity index (χ2n) is 3.55. The monoisotopic (exact) mass is 227 g/mol. The van der Waals surface area contributed by atoms with Gasteiger partial charge in [-0.1, -0.05) is 18.2 Å². The van der Waals surface area contributed by atoms with Gasteiger partial charge >= 0.3 is 0 Å². The van der Waals surface area contributed by atoms with Crippen LogP contribution in [0.15, 0.2) is 42.7 Å². The van der Waals surface area contributed by atoms with E-state index in [4.69, 9.17) is 5.41 Å². The molecule has 0 fully saturated rings. The standard InChI is InChI=1S/C11H8N2.CH5N3/c1-2-4-10-8(3-1)9-5-6-12-7-11(9)13-10;2-1(3)4/h1-7,13H;(H5,2,3,4). The molecule has 0 saturated heterocycles. The lowest BCUT2D eigenvalue weighted by Crippen LogP contribution is -2.20. The Morgan fingerprint density at radius 2 is 1.71 bits per heavy atom. The summed E-state index contributed by atoms with van der Waals surface area (Å²) in [5.41, 5.74) is 11.2. The number of hydrogen-bond donors (Lipinski definition) is 4. The maximum absolute atomic E-state index is 6.06. The van der Waals surface area contributed by atoms with Gasteiger partial charge in [0.05, 0.1) is 11.7 Å². The third kappa shape index (κ3) is 2.34. The fraction of sp³-hybridized carbons (Fsp3) is 0. The summed E-state index contributed by atoms with van der Waals surface area (Å²) in [5.74, 6) is -0.333. The van der Waals surface area contributed by atoms with Crippen molar-refractivity contribution in [3.05, 3.63) is 42.7 Å². The Morgan fingerprint density at radius 3 is 2.47 bits per heavy atom. The van der Waals surface area contributed by atoms with E-state index in [0.29, 0.717) is 0 Å². The van der Waals surface area contributed by atoms with Crippen molar-refractivity contribution in [1.29, 1.82) is 5.41 Å². The number of para-hydroxylation sites is 1. The Hall–Kier alpha value is -2.56.